The largest absolute Gasteiger partial charge is 0.409 e. The van der Waals surface area contributed by atoms with Gasteiger partial charge < -0.3 is 16.3 Å². The lowest BCUT2D eigenvalue weighted by atomic mass is 10.1. The Morgan fingerprint density at radius 2 is 2.31 bits per heavy atom. The van der Waals surface area contributed by atoms with E-state index in [4.69, 9.17) is 10.9 Å². The van der Waals surface area contributed by atoms with E-state index in [1.165, 1.54) is 0 Å². The van der Waals surface area contributed by atoms with Gasteiger partial charge in [-0.2, -0.15) is 0 Å². The lowest BCUT2D eigenvalue weighted by Crippen LogP contribution is -2.38. The van der Waals surface area contributed by atoms with Gasteiger partial charge in [0.05, 0.1) is 12.0 Å². The second-order valence-electron chi connectivity index (χ2n) is 3.49. The van der Waals surface area contributed by atoms with E-state index in [1.807, 2.05) is 24.4 Å². The molecule has 0 spiro atoms. The highest BCUT2D eigenvalue weighted by Crippen LogP contribution is 2.18. The highest BCUT2D eigenvalue weighted by molar-refractivity contribution is 7.10. The number of nitrogens with one attached hydrogen (secondary N) is 1. The average molecular weight is 241 g/mol. The summed E-state index contributed by atoms with van der Waals surface area (Å²) in [7, 11) is 0. The Morgan fingerprint density at radius 3 is 2.81 bits per heavy atom. The number of thiophene rings is 1. The summed E-state index contributed by atoms with van der Waals surface area (Å²) in [5, 5.41) is 16.0. The lowest BCUT2D eigenvalue weighted by molar-refractivity contribution is -0.123. The van der Waals surface area contributed by atoms with E-state index in [-0.39, 0.29) is 17.8 Å². The third-order valence-electron chi connectivity index (χ3n) is 2.28. The van der Waals surface area contributed by atoms with Crippen LogP contribution >= 0.6 is 11.3 Å². The summed E-state index contributed by atoms with van der Waals surface area (Å²) < 4.78 is 0. The Morgan fingerprint density at radius 1 is 1.62 bits per heavy atom. The van der Waals surface area contributed by atoms with Gasteiger partial charge in [0, 0.05) is 4.88 Å². The van der Waals surface area contributed by atoms with Crippen LogP contribution in [0.25, 0.3) is 0 Å². The van der Waals surface area contributed by atoms with Crippen molar-refractivity contribution in [3.8, 4) is 0 Å². The highest BCUT2D eigenvalue weighted by Gasteiger charge is 2.19. The maximum Gasteiger partial charge on any atom is 0.231 e. The van der Waals surface area contributed by atoms with Crippen molar-refractivity contribution in [2.45, 2.75) is 19.9 Å². The number of nitrogens with zero attached hydrogens (tertiary/aromatic N) is 1. The van der Waals surface area contributed by atoms with Gasteiger partial charge in [-0.15, -0.1) is 11.3 Å². The standard InChI is InChI=1S/C10H15N3O2S/c1-6(9(11)13-15)10(14)12-7(2)8-4-3-5-16-8/h3-7,15H,1-2H3,(H2,11,13)(H,12,14). The van der Waals surface area contributed by atoms with E-state index in [9.17, 15) is 4.79 Å². The molecular formula is C10H15N3O2S. The molecule has 2 unspecified atom stereocenters. The van der Waals surface area contributed by atoms with Crippen LogP contribution in [0.2, 0.25) is 0 Å². The second-order valence-corrected chi connectivity index (χ2v) is 4.47. The molecule has 88 valence electrons. The molecule has 1 aromatic rings. The zero-order valence-corrected chi connectivity index (χ0v) is 9.99. The van der Waals surface area contributed by atoms with Gasteiger partial charge in [-0.25, -0.2) is 0 Å². The fraction of sp³-hybridized carbons (Fsp3) is 0.400. The fourth-order valence-electron chi connectivity index (χ4n) is 1.17. The molecular weight excluding hydrogens is 226 g/mol. The van der Waals surface area contributed by atoms with Gasteiger partial charge in [0.1, 0.15) is 0 Å². The van der Waals surface area contributed by atoms with E-state index in [2.05, 4.69) is 10.5 Å². The van der Waals surface area contributed by atoms with Crippen molar-refractivity contribution < 1.29 is 10.0 Å². The van der Waals surface area contributed by atoms with E-state index in [1.54, 1.807) is 18.3 Å². The smallest absolute Gasteiger partial charge is 0.231 e. The van der Waals surface area contributed by atoms with Crippen LogP contribution in [0.15, 0.2) is 22.7 Å². The third-order valence-corrected chi connectivity index (χ3v) is 3.34. The number of amidine groups is 1. The predicted octanol–water partition coefficient (Wildman–Crippen LogP) is 1.31. The number of hydrogen-bond donors (Lipinski definition) is 3. The van der Waals surface area contributed by atoms with Gasteiger partial charge in [-0.3, -0.25) is 4.79 Å². The molecule has 0 aliphatic carbocycles. The first kappa shape index (κ1) is 12.5. The summed E-state index contributed by atoms with van der Waals surface area (Å²) in [6.07, 6.45) is 0. The predicted molar refractivity (Wildman–Crippen MR) is 63.4 cm³/mol. The summed E-state index contributed by atoms with van der Waals surface area (Å²) in [5.41, 5.74) is 5.35. The molecule has 1 amide bonds. The van der Waals surface area contributed by atoms with Crippen LogP contribution in [-0.4, -0.2) is 17.0 Å². The van der Waals surface area contributed by atoms with Crippen molar-refractivity contribution in [2.24, 2.45) is 16.8 Å². The number of hydrogen-bond acceptors (Lipinski definition) is 4. The van der Waals surface area contributed by atoms with Gasteiger partial charge in [-0.05, 0) is 25.3 Å². The molecule has 0 aromatic carbocycles. The van der Waals surface area contributed by atoms with E-state index in [0.717, 1.165) is 4.88 Å². The number of oxime groups is 1. The van der Waals surface area contributed by atoms with Crippen LogP contribution in [0.3, 0.4) is 0 Å². The molecule has 0 saturated carbocycles. The van der Waals surface area contributed by atoms with Crippen LogP contribution in [0.4, 0.5) is 0 Å². The minimum absolute atomic E-state index is 0.0681. The lowest BCUT2D eigenvalue weighted by Gasteiger charge is -2.15. The molecule has 1 heterocycles. The SMILES string of the molecule is CC(C(=O)NC(C)c1cccs1)C(N)=NO. The Bertz CT molecular complexity index is 375. The van der Waals surface area contributed by atoms with Crippen molar-refractivity contribution in [2.75, 3.05) is 0 Å². The molecule has 16 heavy (non-hydrogen) atoms. The van der Waals surface area contributed by atoms with Crippen LogP contribution in [0, 0.1) is 5.92 Å². The minimum atomic E-state index is -0.632. The molecule has 5 nitrogen and oxygen atoms in total. The maximum atomic E-state index is 11.7. The number of nitrogens with two attached hydrogens (primary N) is 1. The van der Waals surface area contributed by atoms with E-state index < -0.39 is 5.92 Å². The van der Waals surface area contributed by atoms with Gasteiger partial charge in [0.15, 0.2) is 5.84 Å². The van der Waals surface area contributed by atoms with Gasteiger partial charge in [0.25, 0.3) is 0 Å². The molecule has 0 fully saturated rings. The average Bonchev–Trinajstić information content (AvgIpc) is 2.80. The maximum absolute atomic E-state index is 11.7. The number of amides is 1. The third kappa shape index (κ3) is 2.96. The Balaban J connectivity index is 2.58. The van der Waals surface area contributed by atoms with Crippen LogP contribution < -0.4 is 11.1 Å². The number of carbonyl (C=O) groups is 1. The van der Waals surface area contributed by atoms with Crippen molar-refractivity contribution in [3.05, 3.63) is 22.4 Å². The number of rotatable bonds is 4. The molecule has 0 saturated heterocycles. The first-order chi connectivity index (χ1) is 7.56. The van der Waals surface area contributed by atoms with E-state index >= 15 is 0 Å². The Hall–Kier alpha value is -1.56. The summed E-state index contributed by atoms with van der Waals surface area (Å²) >= 11 is 1.57. The summed E-state index contributed by atoms with van der Waals surface area (Å²) in [4.78, 5) is 12.7. The molecule has 0 aliphatic rings. The molecule has 0 radical (unpaired) electrons. The highest BCUT2D eigenvalue weighted by atomic mass is 32.1. The van der Waals surface area contributed by atoms with Gasteiger partial charge in [0.2, 0.25) is 5.91 Å². The number of carbonyl (C=O) groups excluding carboxylic acids is 1. The second kappa shape index (κ2) is 5.50. The molecule has 4 N–H and O–H groups in total. The summed E-state index contributed by atoms with van der Waals surface area (Å²) in [6.45, 7) is 3.48. The fourth-order valence-corrected chi connectivity index (χ4v) is 1.90. The van der Waals surface area contributed by atoms with Gasteiger partial charge >= 0.3 is 0 Å². The van der Waals surface area contributed by atoms with Crippen molar-refractivity contribution >= 4 is 23.1 Å². The van der Waals surface area contributed by atoms with Crippen LogP contribution in [0.1, 0.15) is 24.8 Å². The minimum Gasteiger partial charge on any atom is -0.409 e. The summed E-state index contributed by atoms with van der Waals surface area (Å²) in [5.74, 6) is -0.973. The first-order valence-corrected chi connectivity index (χ1v) is 5.75. The monoisotopic (exact) mass is 241 g/mol. The van der Waals surface area contributed by atoms with Crippen molar-refractivity contribution in [1.82, 2.24) is 5.32 Å². The quantitative estimate of drug-likeness (QED) is 0.321. The zero-order valence-electron chi connectivity index (χ0n) is 9.18. The first-order valence-electron chi connectivity index (χ1n) is 4.87. The van der Waals surface area contributed by atoms with Crippen LogP contribution in [-0.2, 0) is 4.79 Å². The van der Waals surface area contributed by atoms with Gasteiger partial charge in [-0.1, -0.05) is 11.2 Å². The molecule has 0 bridgehead atoms. The zero-order chi connectivity index (χ0) is 12.1. The Kier molecular flexibility index (Phi) is 4.30. The normalized spacial score (nSPS) is 15.5. The Labute approximate surface area is 98.0 Å². The van der Waals surface area contributed by atoms with Crippen molar-refractivity contribution in [1.29, 1.82) is 0 Å². The molecule has 0 aliphatic heterocycles. The molecule has 2 atom stereocenters. The molecule has 6 heteroatoms. The summed E-state index contributed by atoms with van der Waals surface area (Å²) in [6, 6.07) is 3.81. The molecule has 1 rings (SSSR count). The molecule has 1 aromatic heterocycles. The van der Waals surface area contributed by atoms with E-state index in [0.29, 0.717) is 0 Å². The van der Waals surface area contributed by atoms with Crippen molar-refractivity contribution in [3.63, 3.8) is 0 Å². The topological polar surface area (TPSA) is 87.7 Å². The van der Waals surface area contributed by atoms with Crippen LogP contribution in [0.5, 0.6) is 0 Å².